The molecule has 5 nitrogen and oxygen atoms in total. The molecule has 124 valence electrons. The Morgan fingerprint density at radius 2 is 2.09 bits per heavy atom. The monoisotopic (exact) mass is 355 g/mol. The van der Waals surface area contributed by atoms with E-state index < -0.39 is 0 Å². The summed E-state index contributed by atoms with van der Waals surface area (Å²) in [5.74, 6) is 0.248. The van der Waals surface area contributed by atoms with Gasteiger partial charge < -0.3 is 10.1 Å². The number of halogens is 2. The smallest absolute Gasteiger partial charge is 0.257 e. The Balaban J connectivity index is 1.68. The number of nitrogens with one attached hydrogen (secondary N) is 1. The van der Waals surface area contributed by atoms with Crippen LogP contribution in [-0.4, -0.2) is 28.8 Å². The molecule has 0 aliphatic rings. The van der Waals surface area contributed by atoms with Crippen LogP contribution >= 0.6 is 23.2 Å². The molecule has 0 atom stereocenters. The Hall–Kier alpha value is -1.72. The largest absolute Gasteiger partial charge is 0.482 e. The van der Waals surface area contributed by atoms with E-state index in [0.717, 1.165) is 24.4 Å². The third-order valence-corrected chi connectivity index (χ3v) is 3.76. The lowest BCUT2D eigenvalue weighted by molar-refractivity contribution is -0.123. The van der Waals surface area contributed by atoms with E-state index in [0.29, 0.717) is 22.3 Å². The van der Waals surface area contributed by atoms with Gasteiger partial charge in [0.2, 0.25) is 0 Å². The molecule has 0 saturated heterocycles. The highest BCUT2D eigenvalue weighted by Gasteiger charge is 2.06. The number of hydrogen-bond donors (Lipinski definition) is 1. The second-order valence-corrected chi connectivity index (χ2v) is 6.06. The van der Waals surface area contributed by atoms with E-state index in [4.69, 9.17) is 27.9 Å². The molecule has 0 fully saturated rings. The molecule has 1 N–H and O–H groups in total. The van der Waals surface area contributed by atoms with Crippen molar-refractivity contribution >= 4 is 29.1 Å². The number of carbonyl (C=O) groups is 1. The van der Waals surface area contributed by atoms with E-state index in [1.165, 1.54) is 0 Å². The summed E-state index contributed by atoms with van der Waals surface area (Å²) in [6.45, 7) is 5.23. The predicted molar refractivity (Wildman–Crippen MR) is 91.3 cm³/mol. The maximum Gasteiger partial charge on any atom is 0.257 e. The number of ether oxygens (including phenoxy) is 1. The van der Waals surface area contributed by atoms with E-state index in [2.05, 4.69) is 10.4 Å². The zero-order valence-electron chi connectivity index (χ0n) is 13.1. The minimum Gasteiger partial charge on any atom is -0.482 e. The Morgan fingerprint density at radius 1 is 1.30 bits per heavy atom. The number of aryl methyl sites for hydroxylation is 3. The van der Waals surface area contributed by atoms with Crippen LogP contribution in [0.15, 0.2) is 24.3 Å². The van der Waals surface area contributed by atoms with Crippen molar-refractivity contribution in [2.24, 2.45) is 0 Å². The number of nitrogens with zero attached hydrogens (tertiary/aromatic N) is 2. The maximum absolute atomic E-state index is 11.7. The van der Waals surface area contributed by atoms with Gasteiger partial charge in [0.25, 0.3) is 5.91 Å². The highest BCUT2D eigenvalue weighted by atomic mass is 35.5. The van der Waals surface area contributed by atoms with Crippen LogP contribution in [0.4, 0.5) is 0 Å². The van der Waals surface area contributed by atoms with Gasteiger partial charge in [-0.1, -0.05) is 23.2 Å². The van der Waals surface area contributed by atoms with Crippen LogP contribution in [0.2, 0.25) is 10.0 Å². The van der Waals surface area contributed by atoms with Crippen LogP contribution in [0.25, 0.3) is 0 Å². The van der Waals surface area contributed by atoms with Gasteiger partial charge in [0, 0.05) is 23.8 Å². The van der Waals surface area contributed by atoms with Gasteiger partial charge in [0.05, 0.1) is 10.7 Å². The molecule has 1 heterocycles. The molecule has 2 aromatic rings. The Labute approximate surface area is 145 Å². The molecule has 0 unspecified atom stereocenters. The zero-order chi connectivity index (χ0) is 16.8. The molecule has 0 aliphatic carbocycles. The van der Waals surface area contributed by atoms with E-state index in [1.54, 1.807) is 18.2 Å². The lowest BCUT2D eigenvalue weighted by Gasteiger charge is -2.09. The summed E-state index contributed by atoms with van der Waals surface area (Å²) in [4.78, 5) is 11.7. The molecular formula is C16H19Cl2N3O2. The minimum atomic E-state index is -0.190. The van der Waals surface area contributed by atoms with Gasteiger partial charge in [-0.25, -0.2) is 0 Å². The highest BCUT2D eigenvalue weighted by molar-refractivity contribution is 6.35. The zero-order valence-corrected chi connectivity index (χ0v) is 14.6. The van der Waals surface area contributed by atoms with Crippen molar-refractivity contribution in [3.05, 3.63) is 45.7 Å². The van der Waals surface area contributed by atoms with Crippen molar-refractivity contribution in [3.8, 4) is 5.75 Å². The van der Waals surface area contributed by atoms with Crippen LogP contribution < -0.4 is 10.1 Å². The third kappa shape index (κ3) is 5.44. The van der Waals surface area contributed by atoms with Crippen molar-refractivity contribution in [3.63, 3.8) is 0 Å². The fourth-order valence-electron chi connectivity index (χ4n) is 2.14. The van der Waals surface area contributed by atoms with E-state index >= 15 is 0 Å². The summed E-state index contributed by atoms with van der Waals surface area (Å²) in [7, 11) is 0. The van der Waals surface area contributed by atoms with Gasteiger partial charge in [-0.3, -0.25) is 9.48 Å². The standard InChI is InChI=1S/C16H19Cl2N3O2/c1-11-8-12(2)21(20-11)7-3-6-19-16(22)10-23-15-5-4-13(17)9-14(15)18/h4-5,8-9H,3,6-7,10H2,1-2H3,(H,19,22). The molecule has 0 radical (unpaired) electrons. The van der Waals surface area contributed by atoms with E-state index in [9.17, 15) is 4.79 Å². The summed E-state index contributed by atoms with van der Waals surface area (Å²) in [6, 6.07) is 6.91. The molecule has 2 rings (SSSR count). The van der Waals surface area contributed by atoms with Gasteiger partial charge in [0.1, 0.15) is 5.75 Å². The first-order valence-electron chi connectivity index (χ1n) is 7.31. The molecule has 0 saturated carbocycles. The van der Waals surface area contributed by atoms with Gasteiger partial charge >= 0.3 is 0 Å². The van der Waals surface area contributed by atoms with E-state index in [1.807, 2.05) is 24.6 Å². The van der Waals surface area contributed by atoms with E-state index in [-0.39, 0.29) is 12.5 Å². The van der Waals surface area contributed by atoms with Gasteiger partial charge in [0.15, 0.2) is 6.61 Å². The first kappa shape index (κ1) is 17.6. The van der Waals surface area contributed by atoms with Crippen molar-refractivity contribution in [2.45, 2.75) is 26.8 Å². The molecular weight excluding hydrogens is 337 g/mol. The fourth-order valence-corrected chi connectivity index (χ4v) is 2.61. The van der Waals surface area contributed by atoms with Crippen LogP contribution in [0.3, 0.4) is 0 Å². The lowest BCUT2D eigenvalue weighted by Crippen LogP contribution is -2.30. The quantitative estimate of drug-likeness (QED) is 0.774. The average Bonchev–Trinajstić information content (AvgIpc) is 2.80. The number of amides is 1. The Morgan fingerprint density at radius 3 is 2.74 bits per heavy atom. The summed E-state index contributed by atoms with van der Waals surface area (Å²) >= 11 is 11.8. The predicted octanol–water partition coefficient (Wildman–Crippen LogP) is 3.39. The Bertz CT molecular complexity index is 686. The first-order valence-corrected chi connectivity index (χ1v) is 8.07. The molecule has 7 heteroatoms. The molecule has 0 aliphatic heterocycles. The Kier molecular flexibility index (Phi) is 6.30. The van der Waals surface area contributed by atoms with Crippen molar-refractivity contribution in [2.75, 3.05) is 13.2 Å². The van der Waals surface area contributed by atoms with Gasteiger partial charge in [-0.05, 0) is 44.5 Å². The summed E-state index contributed by atoms with van der Waals surface area (Å²) in [6.07, 6.45) is 0.801. The first-order chi connectivity index (χ1) is 11.0. The summed E-state index contributed by atoms with van der Waals surface area (Å²) < 4.78 is 7.31. The minimum absolute atomic E-state index is 0.0821. The fraction of sp³-hybridized carbons (Fsp3) is 0.375. The van der Waals surface area contributed by atoms with Crippen molar-refractivity contribution < 1.29 is 9.53 Å². The van der Waals surface area contributed by atoms with Crippen LogP contribution in [0, 0.1) is 13.8 Å². The normalized spacial score (nSPS) is 10.6. The number of benzene rings is 1. The third-order valence-electron chi connectivity index (χ3n) is 3.22. The van der Waals surface area contributed by atoms with Crippen LogP contribution in [0.5, 0.6) is 5.75 Å². The number of aromatic nitrogens is 2. The number of carbonyl (C=O) groups excluding carboxylic acids is 1. The van der Waals surface area contributed by atoms with Gasteiger partial charge in [-0.2, -0.15) is 5.10 Å². The second kappa shape index (κ2) is 8.22. The topological polar surface area (TPSA) is 56.2 Å². The molecule has 1 aromatic carbocycles. The number of rotatable bonds is 7. The average molecular weight is 356 g/mol. The highest BCUT2D eigenvalue weighted by Crippen LogP contribution is 2.27. The van der Waals surface area contributed by atoms with Crippen LogP contribution in [-0.2, 0) is 11.3 Å². The molecule has 1 amide bonds. The summed E-state index contributed by atoms with van der Waals surface area (Å²) in [5, 5.41) is 8.09. The SMILES string of the molecule is Cc1cc(C)n(CCCNC(=O)COc2ccc(Cl)cc2Cl)n1. The number of hydrogen-bond acceptors (Lipinski definition) is 3. The second-order valence-electron chi connectivity index (χ2n) is 5.22. The molecule has 0 spiro atoms. The summed E-state index contributed by atoms with van der Waals surface area (Å²) in [5.41, 5.74) is 2.12. The van der Waals surface area contributed by atoms with Crippen LogP contribution in [0.1, 0.15) is 17.8 Å². The molecule has 23 heavy (non-hydrogen) atoms. The molecule has 0 bridgehead atoms. The van der Waals surface area contributed by atoms with Crippen molar-refractivity contribution in [1.82, 2.24) is 15.1 Å². The lowest BCUT2D eigenvalue weighted by atomic mass is 10.3. The molecule has 1 aromatic heterocycles. The van der Waals surface area contributed by atoms with Gasteiger partial charge in [-0.15, -0.1) is 0 Å². The van der Waals surface area contributed by atoms with Crippen molar-refractivity contribution in [1.29, 1.82) is 0 Å². The maximum atomic E-state index is 11.7.